The zero-order valence-corrected chi connectivity index (χ0v) is 18.9. The molecule has 0 spiro atoms. The van der Waals surface area contributed by atoms with Crippen molar-refractivity contribution in [1.82, 2.24) is 19.7 Å². The lowest BCUT2D eigenvalue weighted by molar-refractivity contribution is -0.113. The summed E-state index contributed by atoms with van der Waals surface area (Å²) >= 11 is 1.32. The Hall–Kier alpha value is -3.65. The molecule has 0 radical (unpaired) electrons. The van der Waals surface area contributed by atoms with Crippen LogP contribution in [0.2, 0.25) is 0 Å². The summed E-state index contributed by atoms with van der Waals surface area (Å²) in [6.45, 7) is 4.00. The van der Waals surface area contributed by atoms with Crippen LogP contribution in [0.25, 0.3) is 17.2 Å². The van der Waals surface area contributed by atoms with Gasteiger partial charge in [-0.3, -0.25) is 14.3 Å². The molecule has 0 atom stereocenters. The van der Waals surface area contributed by atoms with E-state index >= 15 is 0 Å². The van der Waals surface area contributed by atoms with Crippen LogP contribution in [-0.2, 0) is 4.79 Å². The zero-order chi connectivity index (χ0) is 22.5. The van der Waals surface area contributed by atoms with Crippen LogP contribution in [-0.4, -0.2) is 38.5 Å². The predicted molar refractivity (Wildman–Crippen MR) is 126 cm³/mol. The van der Waals surface area contributed by atoms with E-state index in [2.05, 4.69) is 20.5 Å². The predicted octanol–water partition coefficient (Wildman–Crippen LogP) is 4.69. The van der Waals surface area contributed by atoms with Crippen molar-refractivity contribution in [2.75, 3.05) is 18.2 Å². The number of para-hydroxylation sites is 1. The summed E-state index contributed by atoms with van der Waals surface area (Å²) in [5.41, 5.74) is 4.41. The first-order valence-electron chi connectivity index (χ1n) is 10.1. The van der Waals surface area contributed by atoms with Gasteiger partial charge in [0.2, 0.25) is 5.91 Å². The van der Waals surface area contributed by atoms with Gasteiger partial charge in [0.25, 0.3) is 0 Å². The number of pyridine rings is 1. The second-order valence-corrected chi connectivity index (χ2v) is 8.13. The van der Waals surface area contributed by atoms with Crippen molar-refractivity contribution in [3.05, 3.63) is 78.0 Å². The molecule has 2 aromatic heterocycles. The number of benzene rings is 2. The number of aromatic nitrogens is 4. The molecular weight excluding hydrogens is 422 g/mol. The number of thioether (sulfide) groups is 1. The molecule has 0 bridgehead atoms. The number of anilines is 1. The minimum Gasteiger partial charge on any atom is -0.495 e. The summed E-state index contributed by atoms with van der Waals surface area (Å²) in [5, 5.41) is 12.3. The highest BCUT2D eigenvalue weighted by atomic mass is 32.2. The number of amides is 1. The van der Waals surface area contributed by atoms with E-state index in [9.17, 15) is 4.79 Å². The topological polar surface area (TPSA) is 81.9 Å². The normalized spacial score (nSPS) is 10.7. The fourth-order valence-electron chi connectivity index (χ4n) is 3.29. The third-order valence-corrected chi connectivity index (χ3v) is 5.77. The van der Waals surface area contributed by atoms with Gasteiger partial charge < -0.3 is 10.1 Å². The fourth-order valence-corrected chi connectivity index (χ4v) is 4.04. The summed E-state index contributed by atoms with van der Waals surface area (Å²) in [6, 6.07) is 19.3. The fraction of sp³-hybridized carbons (Fsp3) is 0.167. The quantitative estimate of drug-likeness (QED) is 0.416. The van der Waals surface area contributed by atoms with E-state index in [1.54, 1.807) is 13.3 Å². The van der Waals surface area contributed by atoms with Crippen molar-refractivity contribution in [2.45, 2.75) is 19.0 Å². The Bertz CT molecular complexity index is 1240. The molecule has 0 aliphatic rings. The van der Waals surface area contributed by atoms with Crippen LogP contribution in [0.4, 0.5) is 5.69 Å². The van der Waals surface area contributed by atoms with Crippen molar-refractivity contribution in [2.24, 2.45) is 0 Å². The minimum absolute atomic E-state index is 0.155. The van der Waals surface area contributed by atoms with Crippen LogP contribution in [0, 0.1) is 13.8 Å². The highest BCUT2D eigenvalue weighted by Gasteiger charge is 2.19. The first-order valence-corrected chi connectivity index (χ1v) is 11.1. The Morgan fingerprint density at radius 2 is 1.88 bits per heavy atom. The molecule has 0 saturated carbocycles. The molecule has 2 aromatic carbocycles. The second-order valence-electron chi connectivity index (χ2n) is 7.18. The summed E-state index contributed by atoms with van der Waals surface area (Å²) in [6.07, 6.45) is 1.72. The minimum atomic E-state index is -0.155. The van der Waals surface area contributed by atoms with Crippen molar-refractivity contribution >= 4 is 23.4 Å². The average Bonchev–Trinajstić information content (AvgIpc) is 3.22. The molecule has 0 aliphatic carbocycles. The van der Waals surface area contributed by atoms with Crippen molar-refractivity contribution in [1.29, 1.82) is 0 Å². The van der Waals surface area contributed by atoms with Gasteiger partial charge in [-0.25, -0.2) is 0 Å². The Morgan fingerprint density at radius 3 is 2.62 bits per heavy atom. The van der Waals surface area contributed by atoms with E-state index in [0.29, 0.717) is 28.1 Å². The number of methoxy groups -OCH3 is 1. The van der Waals surface area contributed by atoms with Gasteiger partial charge in [0.1, 0.15) is 11.4 Å². The lowest BCUT2D eigenvalue weighted by Gasteiger charge is -2.13. The molecule has 2 heterocycles. The molecule has 0 aliphatic heterocycles. The van der Waals surface area contributed by atoms with Crippen LogP contribution in [0.15, 0.2) is 72.0 Å². The smallest absolute Gasteiger partial charge is 0.234 e. The molecule has 1 N–H and O–H groups in total. The first kappa shape index (κ1) is 21.6. The van der Waals surface area contributed by atoms with E-state index in [1.165, 1.54) is 11.8 Å². The van der Waals surface area contributed by atoms with E-state index in [4.69, 9.17) is 4.74 Å². The number of carbonyl (C=O) groups is 1. The number of aryl methyl sites for hydroxylation is 2. The summed E-state index contributed by atoms with van der Waals surface area (Å²) in [5.74, 6) is 1.26. The van der Waals surface area contributed by atoms with Gasteiger partial charge in [-0.05, 0) is 55.3 Å². The summed E-state index contributed by atoms with van der Waals surface area (Å²) < 4.78 is 7.30. The molecule has 1 amide bonds. The number of rotatable bonds is 7. The number of carbonyl (C=O) groups excluding carboxylic acids is 1. The monoisotopic (exact) mass is 445 g/mol. The van der Waals surface area contributed by atoms with Crippen molar-refractivity contribution in [3.63, 3.8) is 0 Å². The third kappa shape index (κ3) is 4.65. The van der Waals surface area contributed by atoms with Gasteiger partial charge in [-0.15, -0.1) is 10.2 Å². The molecule has 0 fully saturated rings. The number of hydrogen-bond donors (Lipinski definition) is 1. The highest BCUT2D eigenvalue weighted by molar-refractivity contribution is 7.99. The Kier molecular flexibility index (Phi) is 6.51. The highest BCUT2D eigenvalue weighted by Crippen LogP contribution is 2.29. The van der Waals surface area contributed by atoms with Crippen LogP contribution in [0.3, 0.4) is 0 Å². The summed E-state index contributed by atoms with van der Waals surface area (Å²) in [7, 11) is 1.58. The summed E-state index contributed by atoms with van der Waals surface area (Å²) in [4.78, 5) is 17.1. The van der Waals surface area contributed by atoms with Crippen LogP contribution >= 0.6 is 11.8 Å². The van der Waals surface area contributed by atoms with Crippen LogP contribution in [0.5, 0.6) is 5.75 Å². The number of nitrogens with one attached hydrogen (secondary N) is 1. The van der Waals surface area contributed by atoms with Gasteiger partial charge in [-0.2, -0.15) is 0 Å². The zero-order valence-electron chi connectivity index (χ0n) is 18.1. The maximum Gasteiger partial charge on any atom is 0.234 e. The van der Waals surface area contributed by atoms with Gasteiger partial charge >= 0.3 is 0 Å². The number of ether oxygens (including phenoxy) is 1. The van der Waals surface area contributed by atoms with E-state index in [0.717, 1.165) is 16.8 Å². The standard InChI is InChI=1S/C24H23N5O2S/c1-16-11-12-21(31-3)19(14-16)26-22(30)15-32-24-28-27-23(18-9-6-7-13-25-18)29(24)20-10-5-4-8-17(20)2/h4-14H,15H2,1-3H3,(H,26,30). The lowest BCUT2D eigenvalue weighted by Crippen LogP contribution is -2.15. The van der Waals surface area contributed by atoms with E-state index in [-0.39, 0.29) is 11.7 Å². The van der Waals surface area contributed by atoms with Gasteiger partial charge in [0.15, 0.2) is 11.0 Å². The molecule has 4 rings (SSSR count). The molecular formula is C24H23N5O2S. The molecule has 7 nitrogen and oxygen atoms in total. The molecule has 0 unspecified atom stereocenters. The van der Waals surface area contributed by atoms with E-state index in [1.807, 2.05) is 79.1 Å². The lowest BCUT2D eigenvalue weighted by atomic mass is 10.2. The number of nitrogens with zero attached hydrogens (tertiary/aromatic N) is 4. The van der Waals surface area contributed by atoms with Crippen LogP contribution in [0.1, 0.15) is 11.1 Å². The SMILES string of the molecule is COc1ccc(C)cc1NC(=O)CSc1nnc(-c2ccccn2)n1-c1ccccc1C. The Labute approximate surface area is 190 Å². The maximum atomic E-state index is 12.7. The second kappa shape index (κ2) is 9.65. The first-order chi connectivity index (χ1) is 15.6. The molecule has 0 saturated heterocycles. The molecule has 8 heteroatoms. The average molecular weight is 446 g/mol. The number of hydrogen-bond acceptors (Lipinski definition) is 6. The molecule has 4 aromatic rings. The van der Waals surface area contributed by atoms with Gasteiger partial charge in [0.05, 0.1) is 24.2 Å². The molecule has 162 valence electrons. The Balaban J connectivity index is 1.61. The van der Waals surface area contributed by atoms with Gasteiger partial charge in [0, 0.05) is 6.20 Å². The van der Waals surface area contributed by atoms with Crippen LogP contribution < -0.4 is 10.1 Å². The van der Waals surface area contributed by atoms with Crippen molar-refractivity contribution in [3.8, 4) is 23.0 Å². The van der Waals surface area contributed by atoms with Gasteiger partial charge in [-0.1, -0.05) is 42.1 Å². The van der Waals surface area contributed by atoms with E-state index < -0.39 is 0 Å². The maximum absolute atomic E-state index is 12.7. The molecule has 32 heavy (non-hydrogen) atoms. The third-order valence-electron chi connectivity index (χ3n) is 4.85. The van der Waals surface area contributed by atoms with Crippen molar-refractivity contribution < 1.29 is 9.53 Å². The Morgan fingerprint density at radius 1 is 1.06 bits per heavy atom. The largest absolute Gasteiger partial charge is 0.495 e.